The van der Waals surface area contributed by atoms with Crippen LogP contribution in [-0.2, 0) is 16.6 Å². The molecule has 2 aromatic rings. The first kappa shape index (κ1) is 14.6. The Hall–Kier alpha value is -0.800. The van der Waals surface area contributed by atoms with Gasteiger partial charge in [0.25, 0.3) is 0 Å². The fourth-order valence-electron chi connectivity index (χ4n) is 1.69. The van der Waals surface area contributed by atoms with Gasteiger partial charge in [-0.15, -0.1) is 22.7 Å². The van der Waals surface area contributed by atoms with E-state index in [9.17, 15) is 8.42 Å². The highest BCUT2D eigenvalue weighted by atomic mass is 32.2. The first-order valence-electron chi connectivity index (χ1n) is 5.65. The third-order valence-electron chi connectivity index (χ3n) is 2.57. The summed E-state index contributed by atoms with van der Waals surface area (Å²) >= 11 is 2.83. The minimum atomic E-state index is -3.53. The van der Waals surface area contributed by atoms with E-state index in [0.717, 1.165) is 14.8 Å². The van der Waals surface area contributed by atoms with E-state index < -0.39 is 10.0 Å². The lowest BCUT2D eigenvalue weighted by molar-refractivity contribution is 0.566. The summed E-state index contributed by atoms with van der Waals surface area (Å²) in [5, 5.41) is 2.57. The number of aromatic nitrogens is 1. The zero-order chi connectivity index (χ0) is 14.0. The van der Waals surface area contributed by atoms with Crippen LogP contribution in [0, 0.1) is 6.92 Å². The Morgan fingerprint density at radius 3 is 2.79 bits per heavy atom. The quantitative estimate of drug-likeness (QED) is 0.883. The molecule has 8 heteroatoms. The highest BCUT2D eigenvalue weighted by Crippen LogP contribution is 2.27. The molecular weight excluding hydrogens is 302 g/mol. The van der Waals surface area contributed by atoms with E-state index in [1.807, 2.05) is 5.38 Å². The van der Waals surface area contributed by atoms with Crippen molar-refractivity contribution < 1.29 is 8.42 Å². The molecule has 1 unspecified atom stereocenters. The second-order valence-corrected chi connectivity index (χ2v) is 8.00. The summed E-state index contributed by atoms with van der Waals surface area (Å²) in [4.78, 5) is 6.03. The summed E-state index contributed by atoms with van der Waals surface area (Å²) in [6.45, 7) is 3.91. The Morgan fingerprint density at radius 1 is 1.53 bits per heavy atom. The molecule has 2 rings (SSSR count). The predicted octanol–water partition coefficient (Wildman–Crippen LogP) is 2.01. The molecule has 0 aromatic carbocycles. The molecular formula is C11H15N3O2S3. The van der Waals surface area contributed by atoms with Gasteiger partial charge in [0.2, 0.25) is 10.0 Å². The van der Waals surface area contributed by atoms with Crippen molar-refractivity contribution in [3.05, 3.63) is 32.4 Å². The van der Waals surface area contributed by atoms with Gasteiger partial charge in [-0.25, -0.2) is 18.1 Å². The van der Waals surface area contributed by atoms with Gasteiger partial charge in [0, 0.05) is 27.9 Å². The molecule has 3 N–H and O–H groups in total. The van der Waals surface area contributed by atoms with Gasteiger partial charge in [0.05, 0.1) is 10.9 Å². The minimum absolute atomic E-state index is 0.307. The van der Waals surface area contributed by atoms with E-state index in [-0.39, 0.29) is 6.04 Å². The molecule has 0 saturated heterocycles. The van der Waals surface area contributed by atoms with Crippen molar-refractivity contribution in [3.8, 4) is 0 Å². The summed E-state index contributed by atoms with van der Waals surface area (Å²) in [6.07, 6.45) is 1.66. The number of nitrogens with two attached hydrogens (primary N) is 1. The van der Waals surface area contributed by atoms with Crippen LogP contribution in [0.2, 0.25) is 0 Å². The van der Waals surface area contributed by atoms with Crippen molar-refractivity contribution in [3.63, 3.8) is 0 Å². The first-order valence-corrected chi connectivity index (χ1v) is 8.83. The number of aryl methyl sites for hydroxylation is 1. The van der Waals surface area contributed by atoms with Crippen LogP contribution in [0.25, 0.3) is 0 Å². The van der Waals surface area contributed by atoms with Crippen molar-refractivity contribution in [2.45, 2.75) is 31.3 Å². The maximum Gasteiger partial charge on any atom is 0.242 e. The molecule has 0 bridgehead atoms. The lowest BCUT2D eigenvalue weighted by Crippen LogP contribution is -2.27. The maximum absolute atomic E-state index is 12.3. The number of rotatable bonds is 5. The molecule has 2 heterocycles. The minimum Gasteiger partial charge on any atom is -0.326 e. The second-order valence-electron chi connectivity index (χ2n) is 4.05. The van der Waals surface area contributed by atoms with Gasteiger partial charge in [-0.3, -0.25) is 0 Å². The average Bonchev–Trinajstić information content (AvgIpc) is 2.96. The maximum atomic E-state index is 12.3. The summed E-state index contributed by atoms with van der Waals surface area (Å²) < 4.78 is 27.3. The average molecular weight is 317 g/mol. The van der Waals surface area contributed by atoms with Crippen molar-refractivity contribution >= 4 is 32.7 Å². The monoisotopic (exact) mass is 317 g/mol. The zero-order valence-corrected chi connectivity index (χ0v) is 13.0. The Kier molecular flexibility index (Phi) is 4.36. The number of nitrogens with one attached hydrogen (secondary N) is 1. The Balaban J connectivity index is 2.25. The van der Waals surface area contributed by atoms with Gasteiger partial charge in [-0.05, 0) is 19.9 Å². The van der Waals surface area contributed by atoms with Crippen LogP contribution < -0.4 is 10.5 Å². The van der Waals surface area contributed by atoms with Gasteiger partial charge in [-0.2, -0.15) is 0 Å². The molecule has 1 atom stereocenters. The Bertz CT molecular complexity index is 647. The summed E-state index contributed by atoms with van der Waals surface area (Å²) in [7, 11) is -3.53. The van der Waals surface area contributed by atoms with Gasteiger partial charge in [0.1, 0.15) is 5.01 Å². The van der Waals surface area contributed by atoms with Gasteiger partial charge < -0.3 is 5.73 Å². The van der Waals surface area contributed by atoms with Gasteiger partial charge in [-0.1, -0.05) is 0 Å². The topological polar surface area (TPSA) is 85.1 Å². The third kappa shape index (κ3) is 3.21. The molecule has 0 saturated carbocycles. The van der Waals surface area contributed by atoms with E-state index in [2.05, 4.69) is 9.71 Å². The van der Waals surface area contributed by atoms with Crippen molar-refractivity contribution in [1.29, 1.82) is 0 Å². The van der Waals surface area contributed by atoms with Crippen LogP contribution in [-0.4, -0.2) is 13.4 Å². The molecule has 0 fully saturated rings. The lowest BCUT2D eigenvalue weighted by Gasteiger charge is -2.11. The molecule has 0 amide bonds. The van der Waals surface area contributed by atoms with E-state index in [4.69, 9.17) is 5.73 Å². The highest BCUT2D eigenvalue weighted by Gasteiger charge is 2.23. The van der Waals surface area contributed by atoms with E-state index in [1.165, 1.54) is 22.7 Å². The number of nitrogens with zero attached hydrogens (tertiary/aromatic N) is 1. The lowest BCUT2D eigenvalue weighted by atomic mass is 10.4. The number of thiophene rings is 1. The van der Waals surface area contributed by atoms with Crippen molar-refractivity contribution in [1.82, 2.24) is 9.71 Å². The van der Waals surface area contributed by atoms with Crippen LogP contribution in [0.1, 0.15) is 27.7 Å². The van der Waals surface area contributed by atoms with E-state index in [1.54, 1.807) is 26.1 Å². The van der Waals surface area contributed by atoms with Crippen LogP contribution in [0.4, 0.5) is 0 Å². The summed E-state index contributed by atoms with van der Waals surface area (Å²) in [5.74, 6) is 0. The zero-order valence-electron chi connectivity index (χ0n) is 10.6. The second kappa shape index (κ2) is 5.68. The van der Waals surface area contributed by atoms with Crippen LogP contribution >= 0.6 is 22.7 Å². The SMILES string of the molecule is Cc1sc(CN)cc1S(=O)(=O)NC(C)c1nccs1. The van der Waals surface area contributed by atoms with E-state index >= 15 is 0 Å². The molecule has 0 aliphatic heterocycles. The summed E-state index contributed by atoms with van der Waals surface area (Å²) in [5.41, 5.74) is 5.54. The normalized spacial score (nSPS) is 13.6. The number of sulfonamides is 1. The van der Waals surface area contributed by atoms with Crippen molar-refractivity contribution in [2.24, 2.45) is 5.73 Å². The number of thiazole rings is 1. The Morgan fingerprint density at radius 2 is 2.26 bits per heavy atom. The molecule has 19 heavy (non-hydrogen) atoms. The van der Waals surface area contributed by atoms with Crippen LogP contribution in [0.15, 0.2) is 22.5 Å². The highest BCUT2D eigenvalue weighted by molar-refractivity contribution is 7.89. The van der Waals surface area contributed by atoms with Crippen LogP contribution in [0.5, 0.6) is 0 Å². The van der Waals surface area contributed by atoms with E-state index in [0.29, 0.717) is 11.4 Å². The Labute approximate surface area is 120 Å². The molecule has 0 spiro atoms. The third-order valence-corrected chi connectivity index (χ3v) is 6.39. The molecule has 104 valence electrons. The summed E-state index contributed by atoms with van der Waals surface area (Å²) in [6, 6.07) is 1.29. The molecule has 0 aliphatic rings. The fourth-order valence-corrected chi connectivity index (χ4v) is 5.13. The van der Waals surface area contributed by atoms with Crippen LogP contribution in [0.3, 0.4) is 0 Å². The molecule has 0 aliphatic carbocycles. The smallest absolute Gasteiger partial charge is 0.242 e. The number of hydrogen-bond donors (Lipinski definition) is 2. The standard InChI is InChI=1S/C11H15N3O2S3/c1-7(11-13-3-4-17-11)14-19(15,16)10-5-9(6-12)18-8(10)2/h3-5,7,14H,6,12H2,1-2H3. The molecule has 0 radical (unpaired) electrons. The van der Waals surface area contributed by atoms with Gasteiger partial charge in [0.15, 0.2) is 0 Å². The van der Waals surface area contributed by atoms with Gasteiger partial charge >= 0.3 is 0 Å². The molecule has 2 aromatic heterocycles. The number of hydrogen-bond acceptors (Lipinski definition) is 6. The van der Waals surface area contributed by atoms with Crippen molar-refractivity contribution in [2.75, 3.05) is 0 Å². The predicted molar refractivity (Wildman–Crippen MR) is 77.8 cm³/mol. The first-order chi connectivity index (χ1) is 8.94. The largest absolute Gasteiger partial charge is 0.326 e. The molecule has 5 nitrogen and oxygen atoms in total. The fraction of sp³-hybridized carbons (Fsp3) is 0.364.